The zero-order chi connectivity index (χ0) is 16.5. The summed E-state index contributed by atoms with van der Waals surface area (Å²) in [5, 5.41) is 8.06. The lowest BCUT2D eigenvalue weighted by atomic mass is 10.2. The van der Waals surface area contributed by atoms with Crippen LogP contribution in [-0.2, 0) is 22.9 Å². The van der Waals surface area contributed by atoms with Crippen LogP contribution in [0.15, 0.2) is 0 Å². The molecule has 1 aromatic rings. The van der Waals surface area contributed by atoms with Crippen molar-refractivity contribution in [1.29, 1.82) is 0 Å². The Morgan fingerprint density at radius 1 is 1.41 bits per heavy atom. The van der Waals surface area contributed by atoms with Gasteiger partial charge in [0.2, 0.25) is 0 Å². The maximum absolute atomic E-state index is 11.6. The van der Waals surface area contributed by atoms with E-state index in [1.54, 1.807) is 0 Å². The summed E-state index contributed by atoms with van der Waals surface area (Å²) in [5.41, 5.74) is 2.17. The fraction of sp³-hybridized carbons (Fsp3) is 0.800. The first-order valence-electron chi connectivity index (χ1n) is 7.87. The van der Waals surface area contributed by atoms with Gasteiger partial charge in [-0.3, -0.25) is 0 Å². The average Bonchev–Trinajstić information content (AvgIpc) is 2.86. The van der Waals surface area contributed by atoms with Crippen LogP contribution in [0.5, 0.6) is 0 Å². The summed E-state index contributed by atoms with van der Waals surface area (Å²) < 4.78 is 25.2. The van der Waals surface area contributed by atoms with Gasteiger partial charge >= 0.3 is 0 Å². The molecule has 1 fully saturated rings. The van der Waals surface area contributed by atoms with Crippen LogP contribution < -0.4 is 10.2 Å². The Hall–Kier alpha value is -1.08. The van der Waals surface area contributed by atoms with Crippen molar-refractivity contribution in [2.24, 2.45) is 5.92 Å². The van der Waals surface area contributed by atoms with Gasteiger partial charge in [-0.1, -0.05) is 13.8 Å². The highest BCUT2D eigenvalue weighted by atomic mass is 32.2. The molecule has 1 aliphatic rings. The third-order valence-electron chi connectivity index (χ3n) is 3.98. The molecule has 0 unspecified atom stereocenters. The van der Waals surface area contributed by atoms with E-state index in [0.29, 0.717) is 24.6 Å². The molecule has 7 heteroatoms. The van der Waals surface area contributed by atoms with E-state index in [2.05, 4.69) is 33.8 Å². The Bertz CT molecular complexity index is 620. The summed E-state index contributed by atoms with van der Waals surface area (Å²) in [4.78, 5) is 2.09. The van der Waals surface area contributed by atoms with Crippen molar-refractivity contribution in [3.8, 4) is 0 Å². The minimum absolute atomic E-state index is 0.0628. The number of hydrogen-bond acceptors (Lipinski definition) is 5. The summed E-state index contributed by atoms with van der Waals surface area (Å²) in [7, 11) is 1.21. The van der Waals surface area contributed by atoms with E-state index in [4.69, 9.17) is 0 Å². The van der Waals surface area contributed by atoms with Gasteiger partial charge in [0.1, 0.15) is 5.82 Å². The van der Waals surface area contributed by atoms with Crippen molar-refractivity contribution < 1.29 is 8.42 Å². The van der Waals surface area contributed by atoms with Crippen molar-refractivity contribution in [3.63, 3.8) is 0 Å². The lowest BCUT2D eigenvalue weighted by Gasteiger charge is -2.19. The van der Waals surface area contributed by atoms with Crippen LogP contribution in [0.2, 0.25) is 0 Å². The molecule has 0 saturated carbocycles. The summed E-state index contributed by atoms with van der Waals surface area (Å²) in [6.07, 6.45) is 0.707. The van der Waals surface area contributed by atoms with Crippen molar-refractivity contribution in [2.45, 2.75) is 46.3 Å². The number of aromatic nitrogens is 2. The maximum Gasteiger partial charge on any atom is 0.151 e. The number of rotatable bonds is 6. The van der Waals surface area contributed by atoms with Crippen LogP contribution >= 0.6 is 0 Å². The average molecular weight is 328 g/mol. The molecule has 1 aromatic heterocycles. The van der Waals surface area contributed by atoms with Gasteiger partial charge < -0.3 is 10.2 Å². The van der Waals surface area contributed by atoms with E-state index in [0.717, 1.165) is 23.6 Å². The van der Waals surface area contributed by atoms with Crippen LogP contribution in [0.1, 0.15) is 31.5 Å². The first-order chi connectivity index (χ1) is 10.2. The van der Waals surface area contributed by atoms with Gasteiger partial charge in [-0.15, -0.1) is 0 Å². The van der Waals surface area contributed by atoms with Gasteiger partial charge in [0, 0.05) is 38.8 Å². The third kappa shape index (κ3) is 4.01. The molecule has 0 aromatic carbocycles. The smallest absolute Gasteiger partial charge is 0.151 e. The van der Waals surface area contributed by atoms with Crippen molar-refractivity contribution in [2.75, 3.05) is 30.5 Å². The lowest BCUT2D eigenvalue weighted by molar-refractivity contribution is 0.481. The molecule has 1 atom stereocenters. The predicted octanol–water partition coefficient (Wildman–Crippen LogP) is 1.19. The molecule has 22 heavy (non-hydrogen) atoms. The molecule has 2 rings (SSSR count). The Morgan fingerprint density at radius 3 is 2.59 bits per heavy atom. The van der Waals surface area contributed by atoms with Gasteiger partial charge in [-0.05, 0) is 19.3 Å². The van der Waals surface area contributed by atoms with Crippen molar-refractivity contribution >= 4 is 15.7 Å². The monoisotopic (exact) mass is 328 g/mol. The second-order valence-electron chi connectivity index (χ2n) is 6.84. The minimum atomic E-state index is -2.84. The molecule has 2 heterocycles. The van der Waals surface area contributed by atoms with Crippen molar-refractivity contribution in [1.82, 2.24) is 15.1 Å². The Morgan fingerprint density at radius 2 is 2.09 bits per heavy atom. The number of sulfone groups is 1. The van der Waals surface area contributed by atoms with Crippen LogP contribution in [0.25, 0.3) is 0 Å². The molecule has 0 bridgehead atoms. The van der Waals surface area contributed by atoms with Gasteiger partial charge in [0.05, 0.1) is 17.2 Å². The first kappa shape index (κ1) is 17.3. The lowest BCUT2D eigenvalue weighted by Crippen LogP contribution is -2.30. The van der Waals surface area contributed by atoms with Gasteiger partial charge in [0.15, 0.2) is 9.84 Å². The zero-order valence-electron chi connectivity index (χ0n) is 14.3. The first-order valence-corrected chi connectivity index (χ1v) is 9.69. The Labute approximate surface area is 133 Å². The molecule has 1 saturated heterocycles. The fourth-order valence-corrected chi connectivity index (χ4v) is 4.70. The van der Waals surface area contributed by atoms with E-state index in [9.17, 15) is 8.42 Å². The Kier molecular flexibility index (Phi) is 5.17. The van der Waals surface area contributed by atoms with Crippen LogP contribution in [0, 0.1) is 12.8 Å². The Balaban J connectivity index is 2.14. The zero-order valence-corrected chi connectivity index (χ0v) is 15.1. The topological polar surface area (TPSA) is 67.2 Å². The summed E-state index contributed by atoms with van der Waals surface area (Å²) >= 11 is 0. The minimum Gasteiger partial charge on any atom is -0.363 e. The third-order valence-corrected chi connectivity index (χ3v) is 5.75. The van der Waals surface area contributed by atoms with Crippen molar-refractivity contribution in [3.05, 3.63) is 11.3 Å². The molecule has 6 nitrogen and oxygen atoms in total. The molecule has 0 spiro atoms. The van der Waals surface area contributed by atoms with Gasteiger partial charge in [-0.25, -0.2) is 13.1 Å². The molecule has 126 valence electrons. The van der Waals surface area contributed by atoms with Crippen LogP contribution in [0.3, 0.4) is 0 Å². The molecule has 0 amide bonds. The molecule has 1 aliphatic heterocycles. The maximum atomic E-state index is 11.6. The van der Waals surface area contributed by atoms with E-state index >= 15 is 0 Å². The SMILES string of the molecule is Cc1nn(CC(C)C)c(N(C)C)c1CN[C@H]1CCS(=O)(=O)C1. The number of hydrogen-bond donors (Lipinski definition) is 1. The fourth-order valence-electron chi connectivity index (χ4n) is 2.99. The van der Waals surface area contributed by atoms with Gasteiger partial charge in [0.25, 0.3) is 0 Å². The van der Waals surface area contributed by atoms with Gasteiger partial charge in [-0.2, -0.15) is 5.10 Å². The number of nitrogens with one attached hydrogen (secondary N) is 1. The largest absolute Gasteiger partial charge is 0.363 e. The molecular weight excluding hydrogens is 300 g/mol. The summed E-state index contributed by atoms with van der Waals surface area (Å²) in [6, 6.07) is 0.0628. The molecule has 1 N–H and O–H groups in total. The molecule has 0 aliphatic carbocycles. The number of nitrogens with zero attached hydrogens (tertiary/aromatic N) is 3. The number of aryl methyl sites for hydroxylation is 1. The van der Waals surface area contributed by atoms with E-state index in [-0.39, 0.29) is 11.8 Å². The van der Waals surface area contributed by atoms with E-state index in [1.165, 1.54) is 0 Å². The van der Waals surface area contributed by atoms with E-state index in [1.807, 2.05) is 21.0 Å². The normalized spacial score (nSPS) is 20.7. The second kappa shape index (κ2) is 6.58. The van der Waals surface area contributed by atoms with Crippen LogP contribution in [-0.4, -0.2) is 49.8 Å². The van der Waals surface area contributed by atoms with E-state index < -0.39 is 9.84 Å². The summed E-state index contributed by atoms with van der Waals surface area (Å²) in [6.45, 7) is 7.92. The van der Waals surface area contributed by atoms with Crippen LogP contribution in [0.4, 0.5) is 5.82 Å². The molecule has 0 radical (unpaired) electrons. The highest BCUT2D eigenvalue weighted by Gasteiger charge is 2.28. The predicted molar refractivity (Wildman–Crippen MR) is 90.0 cm³/mol. The number of anilines is 1. The second-order valence-corrected chi connectivity index (χ2v) is 9.07. The highest BCUT2D eigenvalue weighted by Crippen LogP contribution is 2.24. The highest BCUT2D eigenvalue weighted by molar-refractivity contribution is 7.91. The quantitative estimate of drug-likeness (QED) is 0.850. The summed E-state index contributed by atoms with van der Waals surface area (Å²) in [5.74, 6) is 2.19. The molecular formula is C15H28N4O2S. The standard InChI is InChI=1S/C15H28N4O2S/c1-11(2)9-19-15(18(4)5)14(12(3)17-19)8-16-13-6-7-22(20,21)10-13/h11,13,16H,6-10H2,1-5H3/t13-/m0/s1.